The lowest BCUT2D eigenvalue weighted by Crippen LogP contribution is -1.78. The van der Waals surface area contributed by atoms with E-state index in [-0.39, 0.29) is 0 Å². The highest BCUT2D eigenvalue weighted by Gasteiger charge is 1.98. The predicted octanol–water partition coefficient (Wildman–Crippen LogP) is 0.533. The molecular formula is C7H6N2O2S. The molecule has 0 bridgehead atoms. The molecular weight excluding hydrogens is 176 g/mol. The maximum absolute atomic E-state index is 10.6. The van der Waals surface area contributed by atoms with Crippen molar-refractivity contribution in [1.29, 1.82) is 0 Å². The molecule has 0 amide bonds. The highest BCUT2D eigenvalue weighted by atomic mass is 32.2. The lowest BCUT2D eigenvalue weighted by Gasteiger charge is -1.89. The van der Waals surface area contributed by atoms with Gasteiger partial charge < -0.3 is 0 Å². The van der Waals surface area contributed by atoms with E-state index in [1.54, 1.807) is 24.4 Å². The van der Waals surface area contributed by atoms with Crippen molar-refractivity contribution in [1.82, 2.24) is 10.2 Å². The molecule has 0 fully saturated rings. The van der Waals surface area contributed by atoms with E-state index in [2.05, 4.69) is 10.2 Å². The molecule has 0 atom stereocenters. The molecule has 0 aliphatic carbocycles. The van der Waals surface area contributed by atoms with Crippen molar-refractivity contribution < 1.29 is 8.42 Å². The first-order valence-electron chi connectivity index (χ1n) is 3.35. The van der Waals surface area contributed by atoms with Crippen LogP contribution in [0.2, 0.25) is 0 Å². The molecule has 0 saturated carbocycles. The molecule has 5 heteroatoms. The minimum absolute atomic E-state index is 0.318. The smallest absolute Gasteiger partial charge is 0.168 e. The number of rotatable bonds is 1. The van der Waals surface area contributed by atoms with E-state index in [0.29, 0.717) is 4.90 Å². The first-order chi connectivity index (χ1) is 5.77. The Balaban J connectivity index is 2.76. The Bertz CT molecular complexity index is 479. The normalized spacial score (nSPS) is 11.1. The second kappa shape index (κ2) is 2.60. The van der Waals surface area contributed by atoms with Crippen LogP contribution in [0.5, 0.6) is 0 Å². The first-order valence-corrected chi connectivity index (χ1v) is 4.52. The van der Waals surface area contributed by atoms with Gasteiger partial charge in [-0.25, -0.2) is 8.42 Å². The molecule has 0 saturated heterocycles. The molecule has 0 aliphatic heterocycles. The molecule has 0 radical (unpaired) electrons. The number of nitrogens with zero attached hydrogens (tertiary/aromatic N) is 1. The molecule has 0 spiro atoms. The fraction of sp³-hybridized carbons (Fsp3) is 0. The van der Waals surface area contributed by atoms with Crippen LogP contribution in [0.25, 0.3) is 10.9 Å². The largest absolute Gasteiger partial charge is 0.278 e. The molecule has 1 N–H and O–H groups in total. The van der Waals surface area contributed by atoms with Crippen LogP contribution >= 0.6 is 0 Å². The summed E-state index contributed by atoms with van der Waals surface area (Å²) in [5, 5.41) is 7.33. The predicted molar refractivity (Wildman–Crippen MR) is 44.7 cm³/mol. The van der Waals surface area contributed by atoms with E-state index in [4.69, 9.17) is 0 Å². The first kappa shape index (κ1) is 7.30. The molecule has 0 aliphatic rings. The van der Waals surface area contributed by atoms with Gasteiger partial charge in [-0.15, -0.1) is 0 Å². The van der Waals surface area contributed by atoms with E-state index >= 15 is 0 Å². The maximum Gasteiger partial charge on any atom is 0.168 e. The third-order valence-corrected chi connectivity index (χ3v) is 2.33. The quantitative estimate of drug-likeness (QED) is 0.632. The average Bonchev–Trinajstić information content (AvgIpc) is 2.49. The van der Waals surface area contributed by atoms with Crippen molar-refractivity contribution >= 4 is 21.6 Å². The van der Waals surface area contributed by atoms with Gasteiger partial charge in [0, 0.05) is 5.39 Å². The van der Waals surface area contributed by atoms with Crippen LogP contribution in [-0.2, 0) is 10.7 Å². The standard InChI is InChI=1S/C7H6N2O2S/c10-12(11)6-1-2-7-5(3-6)4-8-9-7/h1-4,12H,(H,8,9). The second-order valence-electron chi connectivity index (χ2n) is 2.40. The molecule has 62 valence electrons. The Morgan fingerprint density at radius 3 is 2.92 bits per heavy atom. The summed E-state index contributed by atoms with van der Waals surface area (Å²) < 4.78 is 21.1. The van der Waals surface area contributed by atoms with Gasteiger partial charge in [0.15, 0.2) is 10.7 Å². The molecule has 1 aromatic carbocycles. The summed E-state index contributed by atoms with van der Waals surface area (Å²) in [6, 6.07) is 4.83. The fourth-order valence-electron chi connectivity index (χ4n) is 1.04. The summed E-state index contributed by atoms with van der Waals surface area (Å²) in [7, 11) is -2.49. The zero-order chi connectivity index (χ0) is 8.55. The van der Waals surface area contributed by atoms with E-state index in [1.807, 2.05) is 0 Å². The van der Waals surface area contributed by atoms with E-state index in [9.17, 15) is 8.42 Å². The topological polar surface area (TPSA) is 62.8 Å². The van der Waals surface area contributed by atoms with E-state index in [0.717, 1.165) is 10.9 Å². The highest BCUT2D eigenvalue weighted by molar-refractivity contribution is 7.72. The lowest BCUT2D eigenvalue weighted by molar-refractivity contribution is 0.614. The molecule has 2 rings (SSSR count). The molecule has 12 heavy (non-hydrogen) atoms. The van der Waals surface area contributed by atoms with Crippen molar-refractivity contribution in [2.45, 2.75) is 4.90 Å². The lowest BCUT2D eigenvalue weighted by atomic mass is 10.3. The number of benzene rings is 1. The van der Waals surface area contributed by atoms with Crippen LogP contribution in [-0.4, -0.2) is 18.6 Å². The summed E-state index contributed by atoms with van der Waals surface area (Å²) in [6.07, 6.45) is 1.59. The summed E-state index contributed by atoms with van der Waals surface area (Å²) in [4.78, 5) is 0.318. The number of hydrogen-bond donors (Lipinski definition) is 2. The van der Waals surface area contributed by atoms with Gasteiger partial charge in [-0.3, -0.25) is 5.10 Å². The molecule has 1 aromatic heterocycles. The third kappa shape index (κ3) is 1.08. The van der Waals surface area contributed by atoms with Gasteiger partial charge in [0.25, 0.3) is 0 Å². The second-order valence-corrected chi connectivity index (χ2v) is 3.43. The van der Waals surface area contributed by atoms with Crippen LogP contribution in [0.15, 0.2) is 29.3 Å². The number of nitrogens with one attached hydrogen (secondary N) is 1. The van der Waals surface area contributed by atoms with Crippen molar-refractivity contribution in [3.8, 4) is 0 Å². The van der Waals surface area contributed by atoms with Crippen molar-refractivity contribution in [2.75, 3.05) is 0 Å². The van der Waals surface area contributed by atoms with Gasteiger partial charge in [0.1, 0.15) is 0 Å². The Morgan fingerprint density at radius 1 is 1.33 bits per heavy atom. The summed E-state index contributed by atoms with van der Waals surface area (Å²) in [6.45, 7) is 0. The Kier molecular flexibility index (Phi) is 1.58. The van der Waals surface area contributed by atoms with E-state index < -0.39 is 10.7 Å². The fourth-order valence-corrected chi connectivity index (χ4v) is 1.48. The monoisotopic (exact) mass is 182 g/mol. The van der Waals surface area contributed by atoms with Gasteiger partial charge in [0.05, 0.1) is 16.6 Å². The summed E-state index contributed by atoms with van der Waals surface area (Å²) in [5.41, 5.74) is 0.843. The Morgan fingerprint density at radius 2 is 2.17 bits per heavy atom. The van der Waals surface area contributed by atoms with Crippen LogP contribution in [0.3, 0.4) is 0 Å². The van der Waals surface area contributed by atoms with E-state index in [1.165, 1.54) is 0 Å². The maximum atomic E-state index is 10.6. The minimum Gasteiger partial charge on any atom is -0.278 e. The SMILES string of the molecule is O=[SH](=O)c1ccc2[nH]ncc2c1. The van der Waals surface area contributed by atoms with Gasteiger partial charge in [-0.05, 0) is 18.2 Å². The average molecular weight is 182 g/mol. The minimum atomic E-state index is -2.49. The van der Waals surface area contributed by atoms with Gasteiger partial charge in [-0.1, -0.05) is 0 Å². The van der Waals surface area contributed by atoms with Crippen LogP contribution in [0.4, 0.5) is 0 Å². The zero-order valence-corrected chi connectivity index (χ0v) is 6.91. The van der Waals surface area contributed by atoms with Crippen molar-refractivity contribution in [2.24, 2.45) is 0 Å². The van der Waals surface area contributed by atoms with Crippen LogP contribution < -0.4 is 0 Å². The van der Waals surface area contributed by atoms with Gasteiger partial charge >= 0.3 is 0 Å². The molecule has 0 unspecified atom stereocenters. The number of thiol groups is 1. The van der Waals surface area contributed by atoms with Gasteiger partial charge in [-0.2, -0.15) is 5.10 Å². The number of aromatic nitrogens is 2. The van der Waals surface area contributed by atoms with Crippen molar-refractivity contribution in [3.63, 3.8) is 0 Å². The van der Waals surface area contributed by atoms with Crippen molar-refractivity contribution in [3.05, 3.63) is 24.4 Å². The van der Waals surface area contributed by atoms with Crippen LogP contribution in [0.1, 0.15) is 0 Å². The molecule has 1 heterocycles. The summed E-state index contributed by atoms with van der Waals surface area (Å²) >= 11 is 0. The molecule has 2 aromatic rings. The number of hydrogen-bond acceptors (Lipinski definition) is 3. The zero-order valence-electron chi connectivity index (χ0n) is 6.02. The van der Waals surface area contributed by atoms with Gasteiger partial charge in [0.2, 0.25) is 0 Å². The molecule has 4 nitrogen and oxygen atoms in total. The summed E-state index contributed by atoms with van der Waals surface area (Å²) in [5.74, 6) is 0. The Labute approximate surface area is 70.2 Å². The third-order valence-electron chi connectivity index (χ3n) is 1.63. The highest BCUT2D eigenvalue weighted by Crippen LogP contribution is 2.13. The van der Waals surface area contributed by atoms with Crippen LogP contribution in [0, 0.1) is 0 Å². The number of H-pyrrole nitrogens is 1. The Hall–Kier alpha value is -1.36. The number of fused-ring (bicyclic) bond motifs is 1. The number of aromatic amines is 1.